The van der Waals surface area contributed by atoms with Crippen LogP contribution in [0.5, 0.6) is 0 Å². The van der Waals surface area contributed by atoms with Gasteiger partial charge in [-0.2, -0.15) is 0 Å². The number of phosphoric acid groups is 1. The first-order valence-electron chi connectivity index (χ1n) is 25.6. The lowest BCUT2D eigenvalue weighted by Crippen LogP contribution is -2.46. The molecule has 6 aromatic carbocycles. The molecule has 2 N–H and O–H groups in total. The Kier molecular flexibility index (Phi) is 22.8. The second-order valence-corrected chi connectivity index (χ2v) is 19.4. The van der Waals surface area contributed by atoms with E-state index in [1.54, 1.807) is 0 Å². The number of hydrogen-bond acceptors (Lipinski definition) is 7. The standard InChI is InChI=1S/C61H74NO7P/c1-2-3-4-5-6-7-8-9-10-11-12-13-14-15-34-47-59(63)69-58(50-66-61(55-41-28-19-29-42-55,56-43-30-20-31-44-56)57-45-32-21-33-46-57)51-68-70(64,65)67-49-48-62-60(52-35-22-16-23-36-52,53-37-24-17-25-38-53)54-39-26-18-27-40-54/h9-10,16-33,35-46,58,62H,2-8,11-15,34,47-51H2,1H3,(H,64,65)/t58-/m1/s1. The Bertz CT molecular complexity index is 2210. The first-order chi connectivity index (χ1) is 34.4. The second-order valence-electron chi connectivity index (χ2n) is 17.9. The minimum Gasteiger partial charge on any atom is -0.457 e. The Labute approximate surface area is 418 Å². The zero-order chi connectivity index (χ0) is 49.0. The number of benzene rings is 6. The van der Waals surface area contributed by atoms with Crippen LogP contribution in [0.2, 0.25) is 0 Å². The normalized spacial score (nSPS) is 13.2. The SMILES string of the molecule is CCCCCCCCC=CCCCCCCCC(=O)O[C@H](COC(c1ccccc1)(c1ccccc1)c1ccccc1)COP(=O)(O)OCCNC(c1ccccc1)(c1ccccc1)c1ccccc1. The number of carbonyl (C=O) groups excluding carboxylic acids is 1. The number of rotatable bonds is 33. The zero-order valence-electron chi connectivity index (χ0n) is 41.1. The lowest BCUT2D eigenvalue weighted by Gasteiger charge is -2.37. The van der Waals surface area contributed by atoms with Crippen molar-refractivity contribution in [2.75, 3.05) is 26.4 Å². The van der Waals surface area contributed by atoms with Crippen LogP contribution in [0.15, 0.2) is 194 Å². The zero-order valence-corrected chi connectivity index (χ0v) is 42.0. The monoisotopic (exact) mass is 964 g/mol. The van der Waals surface area contributed by atoms with Crippen LogP contribution in [0.1, 0.15) is 130 Å². The minimum absolute atomic E-state index is 0.147. The molecule has 0 aromatic heterocycles. The quantitative estimate of drug-likeness (QED) is 0.0138. The van der Waals surface area contributed by atoms with Crippen LogP contribution in [0.3, 0.4) is 0 Å². The van der Waals surface area contributed by atoms with Crippen LogP contribution in [-0.4, -0.2) is 43.3 Å². The highest BCUT2D eigenvalue weighted by Crippen LogP contribution is 2.45. The third-order valence-corrected chi connectivity index (χ3v) is 13.7. The van der Waals surface area contributed by atoms with E-state index in [1.165, 1.54) is 38.5 Å². The summed E-state index contributed by atoms with van der Waals surface area (Å²) in [6.45, 7) is 1.71. The van der Waals surface area contributed by atoms with Gasteiger partial charge in [0.2, 0.25) is 0 Å². The molecule has 0 aliphatic carbocycles. The van der Waals surface area contributed by atoms with Crippen LogP contribution < -0.4 is 5.32 Å². The Morgan fingerprint density at radius 1 is 0.529 bits per heavy atom. The van der Waals surface area contributed by atoms with Gasteiger partial charge in [-0.15, -0.1) is 0 Å². The van der Waals surface area contributed by atoms with Crippen molar-refractivity contribution >= 4 is 13.8 Å². The van der Waals surface area contributed by atoms with Gasteiger partial charge in [0, 0.05) is 13.0 Å². The first-order valence-corrected chi connectivity index (χ1v) is 27.1. The summed E-state index contributed by atoms with van der Waals surface area (Å²) in [6.07, 6.45) is 18.8. The summed E-state index contributed by atoms with van der Waals surface area (Å²) in [6, 6.07) is 60.0. The number of phosphoric ester groups is 1. The summed E-state index contributed by atoms with van der Waals surface area (Å²) in [5.41, 5.74) is 3.69. The van der Waals surface area contributed by atoms with Crippen molar-refractivity contribution in [3.8, 4) is 0 Å². The largest absolute Gasteiger partial charge is 0.472 e. The van der Waals surface area contributed by atoms with E-state index in [4.69, 9.17) is 18.5 Å². The molecule has 0 spiro atoms. The van der Waals surface area contributed by atoms with Crippen LogP contribution in [-0.2, 0) is 39.0 Å². The molecule has 0 heterocycles. The van der Waals surface area contributed by atoms with Crippen molar-refractivity contribution in [3.05, 3.63) is 228 Å². The molecular formula is C61H74NO7P. The van der Waals surface area contributed by atoms with E-state index in [9.17, 15) is 14.3 Å². The molecule has 0 aliphatic rings. The second kappa shape index (κ2) is 29.7. The predicted octanol–water partition coefficient (Wildman–Crippen LogP) is 14.7. The Morgan fingerprint density at radius 3 is 1.34 bits per heavy atom. The van der Waals surface area contributed by atoms with Crippen LogP contribution >= 0.6 is 7.82 Å². The summed E-state index contributed by atoms with van der Waals surface area (Å²) < 4.78 is 38.2. The number of esters is 1. The van der Waals surface area contributed by atoms with E-state index in [1.807, 2.05) is 146 Å². The number of ether oxygens (including phenoxy) is 2. The van der Waals surface area contributed by atoms with Crippen molar-refractivity contribution in [3.63, 3.8) is 0 Å². The Morgan fingerprint density at radius 2 is 0.914 bits per heavy atom. The number of carbonyl (C=O) groups is 1. The highest BCUT2D eigenvalue weighted by Gasteiger charge is 2.40. The average Bonchev–Trinajstić information content (AvgIpc) is 3.41. The van der Waals surface area contributed by atoms with Gasteiger partial charge in [0.15, 0.2) is 0 Å². The fourth-order valence-electron chi connectivity index (χ4n) is 9.17. The fraction of sp³-hybridized carbons (Fsp3) is 0.361. The van der Waals surface area contributed by atoms with Crippen LogP contribution in [0.4, 0.5) is 0 Å². The third kappa shape index (κ3) is 16.3. The van der Waals surface area contributed by atoms with Gasteiger partial charge in [-0.3, -0.25) is 19.2 Å². The molecule has 0 aliphatic heterocycles. The molecule has 2 atom stereocenters. The molecule has 6 aromatic rings. The van der Waals surface area contributed by atoms with Gasteiger partial charge >= 0.3 is 13.8 Å². The molecule has 8 nitrogen and oxygen atoms in total. The smallest absolute Gasteiger partial charge is 0.457 e. The van der Waals surface area contributed by atoms with Gasteiger partial charge in [-0.25, -0.2) is 4.57 Å². The van der Waals surface area contributed by atoms with E-state index < -0.39 is 37.6 Å². The van der Waals surface area contributed by atoms with Crippen LogP contribution in [0.25, 0.3) is 0 Å². The number of allylic oxidation sites excluding steroid dienone is 2. The van der Waals surface area contributed by atoms with E-state index in [2.05, 4.69) is 60.8 Å². The molecule has 0 radical (unpaired) electrons. The molecule has 0 saturated carbocycles. The maximum Gasteiger partial charge on any atom is 0.472 e. The fourth-order valence-corrected chi connectivity index (χ4v) is 9.92. The maximum atomic E-state index is 13.7. The molecule has 70 heavy (non-hydrogen) atoms. The van der Waals surface area contributed by atoms with Crippen molar-refractivity contribution in [1.82, 2.24) is 5.32 Å². The van der Waals surface area contributed by atoms with Crippen molar-refractivity contribution in [2.45, 2.75) is 114 Å². The predicted molar refractivity (Wildman–Crippen MR) is 283 cm³/mol. The summed E-state index contributed by atoms with van der Waals surface area (Å²) >= 11 is 0. The van der Waals surface area contributed by atoms with Gasteiger partial charge in [0.1, 0.15) is 11.7 Å². The molecule has 0 fully saturated rings. The van der Waals surface area contributed by atoms with E-state index in [0.29, 0.717) is 6.42 Å². The Hall–Kier alpha value is -5.44. The molecule has 1 unspecified atom stereocenters. The van der Waals surface area contributed by atoms with E-state index >= 15 is 0 Å². The van der Waals surface area contributed by atoms with Gasteiger partial charge in [0.05, 0.1) is 25.4 Å². The number of unbranched alkanes of at least 4 members (excludes halogenated alkanes) is 11. The average molecular weight is 964 g/mol. The number of nitrogens with one attached hydrogen (secondary N) is 1. The van der Waals surface area contributed by atoms with Crippen molar-refractivity contribution in [1.29, 1.82) is 0 Å². The lowest BCUT2D eigenvalue weighted by molar-refractivity contribution is -0.157. The summed E-state index contributed by atoms with van der Waals surface area (Å²) in [5, 5.41) is 3.68. The Balaban J connectivity index is 1.11. The molecule has 9 heteroatoms. The van der Waals surface area contributed by atoms with Gasteiger partial charge in [-0.05, 0) is 65.5 Å². The van der Waals surface area contributed by atoms with Gasteiger partial charge in [-0.1, -0.05) is 252 Å². The summed E-state index contributed by atoms with van der Waals surface area (Å²) in [4.78, 5) is 24.8. The third-order valence-electron chi connectivity index (χ3n) is 12.8. The molecule has 0 amide bonds. The molecule has 370 valence electrons. The summed E-state index contributed by atoms with van der Waals surface area (Å²) in [7, 11) is -4.67. The molecular weight excluding hydrogens is 890 g/mol. The highest BCUT2D eigenvalue weighted by molar-refractivity contribution is 7.47. The lowest BCUT2D eigenvalue weighted by atomic mass is 9.77. The maximum absolute atomic E-state index is 13.7. The molecule has 0 bridgehead atoms. The minimum atomic E-state index is -4.67. The number of hydrogen-bond donors (Lipinski definition) is 2. The first kappa shape index (κ1) is 53.9. The summed E-state index contributed by atoms with van der Waals surface area (Å²) in [5.74, 6) is -0.420. The highest BCUT2D eigenvalue weighted by atomic mass is 31.2. The topological polar surface area (TPSA) is 103 Å². The van der Waals surface area contributed by atoms with Crippen molar-refractivity contribution in [2.24, 2.45) is 0 Å². The molecule has 6 rings (SSSR count). The van der Waals surface area contributed by atoms with E-state index in [-0.39, 0.29) is 26.2 Å². The van der Waals surface area contributed by atoms with Crippen LogP contribution in [0, 0.1) is 0 Å². The molecule has 0 saturated heterocycles. The van der Waals surface area contributed by atoms with Gasteiger partial charge < -0.3 is 14.4 Å². The van der Waals surface area contributed by atoms with Crippen molar-refractivity contribution < 1.29 is 32.8 Å². The van der Waals surface area contributed by atoms with Gasteiger partial charge in [0.25, 0.3) is 0 Å². The van der Waals surface area contributed by atoms with E-state index in [0.717, 1.165) is 71.9 Å².